The molecular formula is C13H18FNO. The van der Waals surface area contributed by atoms with Crippen molar-refractivity contribution < 1.29 is 9.13 Å². The van der Waals surface area contributed by atoms with E-state index in [9.17, 15) is 4.39 Å². The van der Waals surface area contributed by atoms with Crippen molar-refractivity contribution >= 4 is 0 Å². The Morgan fingerprint density at radius 2 is 2.12 bits per heavy atom. The average Bonchev–Trinajstić information content (AvgIpc) is 2.33. The van der Waals surface area contributed by atoms with Crippen molar-refractivity contribution in [2.75, 3.05) is 19.7 Å². The molecule has 0 bridgehead atoms. The molecule has 1 saturated heterocycles. The Labute approximate surface area is 95.8 Å². The van der Waals surface area contributed by atoms with E-state index in [4.69, 9.17) is 4.74 Å². The van der Waals surface area contributed by atoms with Crippen molar-refractivity contribution in [3.63, 3.8) is 0 Å². The van der Waals surface area contributed by atoms with Gasteiger partial charge >= 0.3 is 0 Å². The zero-order valence-electron chi connectivity index (χ0n) is 9.42. The van der Waals surface area contributed by atoms with Crippen molar-refractivity contribution in [2.45, 2.75) is 19.3 Å². The second-order valence-electron chi connectivity index (χ2n) is 4.30. The summed E-state index contributed by atoms with van der Waals surface area (Å²) >= 11 is 0. The number of benzene rings is 1. The number of hydrogen-bond donors (Lipinski definition) is 1. The molecule has 2 nitrogen and oxygen atoms in total. The van der Waals surface area contributed by atoms with Crippen LogP contribution in [0.15, 0.2) is 24.3 Å². The van der Waals surface area contributed by atoms with Crippen molar-refractivity contribution in [1.29, 1.82) is 0 Å². The van der Waals surface area contributed by atoms with E-state index in [0.717, 1.165) is 37.8 Å². The molecule has 0 aromatic heterocycles. The minimum atomic E-state index is -0.219. The maximum Gasteiger partial charge on any atom is 0.123 e. The molecule has 2 rings (SSSR count). The van der Waals surface area contributed by atoms with Gasteiger partial charge in [0.05, 0.1) is 6.61 Å². The monoisotopic (exact) mass is 223 g/mol. The summed E-state index contributed by atoms with van der Waals surface area (Å²) in [5, 5.41) is 3.39. The minimum absolute atomic E-state index is 0.219. The van der Waals surface area contributed by atoms with E-state index in [2.05, 4.69) is 5.32 Å². The number of nitrogens with one attached hydrogen (secondary N) is 1. The summed E-state index contributed by atoms with van der Waals surface area (Å²) in [6.45, 7) is 2.97. The van der Waals surface area contributed by atoms with Crippen molar-refractivity contribution in [2.24, 2.45) is 5.92 Å². The van der Waals surface area contributed by atoms with E-state index in [0.29, 0.717) is 0 Å². The Kier molecular flexibility index (Phi) is 4.17. The number of halogens is 1. The van der Waals surface area contributed by atoms with Crippen LogP contribution in [0.1, 0.15) is 19.3 Å². The van der Waals surface area contributed by atoms with Gasteiger partial charge in [-0.1, -0.05) is 0 Å². The predicted octanol–water partition coefficient (Wildman–Crippen LogP) is 2.59. The largest absolute Gasteiger partial charge is 0.494 e. The molecule has 88 valence electrons. The molecule has 1 N–H and O–H groups in total. The van der Waals surface area contributed by atoms with E-state index in [-0.39, 0.29) is 5.82 Å². The molecule has 1 aromatic carbocycles. The quantitative estimate of drug-likeness (QED) is 0.847. The fraction of sp³-hybridized carbons (Fsp3) is 0.538. The predicted molar refractivity (Wildman–Crippen MR) is 62.1 cm³/mol. The highest BCUT2D eigenvalue weighted by Gasteiger charge is 2.12. The molecule has 1 aliphatic heterocycles. The van der Waals surface area contributed by atoms with Gasteiger partial charge in [-0.3, -0.25) is 0 Å². The van der Waals surface area contributed by atoms with Crippen LogP contribution in [0, 0.1) is 11.7 Å². The van der Waals surface area contributed by atoms with Gasteiger partial charge in [-0.25, -0.2) is 4.39 Å². The molecule has 1 unspecified atom stereocenters. The molecule has 3 heteroatoms. The number of piperidine rings is 1. The van der Waals surface area contributed by atoms with Gasteiger partial charge < -0.3 is 10.1 Å². The first-order valence-corrected chi connectivity index (χ1v) is 5.94. The number of ether oxygens (including phenoxy) is 1. The lowest BCUT2D eigenvalue weighted by molar-refractivity contribution is 0.254. The molecule has 0 saturated carbocycles. The van der Waals surface area contributed by atoms with Gasteiger partial charge in [0.15, 0.2) is 0 Å². The smallest absolute Gasteiger partial charge is 0.123 e. The van der Waals surface area contributed by atoms with Crippen LogP contribution in [0.25, 0.3) is 0 Å². The summed E-state index contributed by atoms with van der Waals surface area (Å²) in [6, 6.07) is 6.21. The third-order valence-electron chi connectivity index (χ3n) is 3.01. The van der Waals surface area contributed by atoms with E-state index in [1.807, 2.05) is 0 Å². The fourth-order valence-corrected chi connectivity index (χ4v) is 2.04. The molecule has 0 radical (unpaired) electrons. The van der Waals surface area contributed by atoms with Crippen LogP contribution in [0.2, 0.25) is 0 Å². The second kappa shape index (κ2) is 5.85. The van der Waals surface area contributed by atoms with Gasteiger partial charge in [0.2, 0.25) is 0 Å². The number of rotatable bonds is 4. The van der Waals surface area contributed by atoms with Gasteiger partial charge in [-0.2, -0.15) is 0 Å². The maximum atomic E-state index is 12.6. The standard InChI is InChI=1S/C13H18FNO/c14-12-3-5-13(6-4-12)16-9-7-11-2-1-8-15-10-11/h3-6,11,15H,1-2,7-10H2. The van der Waals surface area contributed by atoms with Gasteiger partial charge in [-0.15, -0.1) is 0 Å². The van der Waals surface area contributed by atoms with E-state index in [1.165, 1.54) is 25.0 Å². The van der Waals surface area contributed by atoms with E-state index in [1.54, 1.807) is 12.1 Å². The summed E-state index contributed by atoms with van der Waals surface area (Å²) in [5.74, 6) is 1.27. The molecule has 0 spiro atoms. The molecule has 1 atom stereocenters. The zero-order valence-corrected chi connectivity index (χ0v) is 9.42. The third kappa shape index (κ3) is 3.49. The molecule has 16 heavy (non-hydrogen) atoms. The summed E-state index contributed by atoms with van der Waals surface area (Å²) in [4.78, 5) is 0. The highest BCUT2D eigenvalue weighted by molar-refractivity contribution is 5.21. The van der Waals surface area contributed by atoms with Crippen LogP contribution < -0.4 is 10.1 Å². The van der Waals surface area contributed by atoms with Crippen molar-refractivity contribution in [3.05, 3.63) is 30.1 Å². The molecule has 1 fully saturated rings. The molecule has 1 aromatic rings. The lowest BCUT2D eigenvalue weighted by Gasteiger charge is -2.22. The Balaban J connectivity index is 1.69. The van der Waals surface area contributed by atoms with Gasteiger partial charge in [0.25, 0.3) is 0 Å². The van der Waals surface area contributed by atoms with Crippen LogP contribution in [0.3, 0.4) is 0 Å². The molecule has 0 aliphatic carbocycles. The fourth-order valence-electron chi connectivity index (χ4n) is 2.04. The van der Waals surface area contributed by atoms with Crippen LogP contribution in [0.5, 0.6) is 5.75 Å². The number of hydrogen-bond acceptors (Lipinski definition) is 2. The van der Waals surface area contributed by atoms with Crippen molar-refractivity contribution in [3.8, 4) is 5.75 Å². The highest BCUT2D eigenvalue weighted by Crippen LogP contribution is 2.16. The lowest BCUT2D eigenvalue weighted by atomic mass is 9.97. The topological polar surface area (TPSA) is 21.3 Å². The van der Waals surface area contributed by atoms with Crippen molar-refractivity contribution in [1.82, 2.24) is 5.32 Å². The molecule has 0 amide bonds. The summed E-state index contributed by atoms with van der Waals surface area (Å²) in [5.41, 5.74) is 0. The summed E-state index contributed by atoms with van der Waals surface area (Å²) in [7, 11) is 0. The lowest BCUT2D eigenvalue weighted by Crippen LogP contribution is -2.30. The summed E-state index contributed by atoms with van der Waals surface area (Å²) < 4.78 is 18.2. The Morgan fingerprint density at radius 3 is 2.81 bits per heavy atom. The third-order valence-corrected chi connectivity index (χ3v) is 3.01. The summed E-state index contributed by atoms with van der Waals surface area (Å²) in [6.07, 6.45) is 3.63. The molecular weight excluding hydrogens is 205 g/mol. The van der Waals surface area contributed by atoms with Gasteiger partial charge in [-0.05, 0) is 62.5 Å². The first-order valence-electron chi connectivity index (χ1n) is 5.94. The van der Waals surface area contributed by atoms with Crippen LogP contribution in [-0.2, 0) is 0 Å². The van der Waals surface area contributed by atoms with Gasteiger partial charge in [0, 0.05) is 0 Å². The van der Waals surface area contributed by atoms with E-state index >= 15 is 0 Å². The van der Waals surface area contributed by atoms with E-state index < -0.39 is 0 Å². The Morgan fingerprint density at radius 1 is 1.31 bits per heavy atom. The zero-order chi connectivity index (χ0) is 11.2. The second-order valence-corrected chi connectivity index (χ2v) is 4.30. The average molecular weight is 223 g/mol. The first-order chi connectivity index (χ1) is 7.84. The molecule has 1 aliphatic rings. The highest BCUT2D eigenvalue weighted by atomic mass is 19.1. The van der Waals surface area contributed by atoms with Crippen LogP contribution in [-0.4, -0.2) is 19.7 Å². The minimum Gasteiger partial charge on any atom is -0.494 e. The van der Waals surface area contributed by atoms with Crippen LogP contribution >= 0.6 is 0 Å². The van der Waals surface area contributed by atoms with Crippen LogP contribution in [0.4, 0.5) is 4.39 Å². The van der Waals surface area contributed by atoms with Gasteiger partial charge in [0.1, 0.15) is 11.6 Å². The normalized spacial score (nSPS) is 20.7. The molecule has 1 heterocycles. The first kappa shape index (κ1) is 11.4. The Hall–Kier alpha value is -1.09. The maximum absolute atomic E-state index is 12.6. The Bertz CT molecular complexity index is 306. The SMILES string of the molecule is Fc1ccc(OCCC2CCCNC2)cc1.